The Morgan fingerprint density at radius 1 is 1.25 bits per heavy atom. The molecule has 168 valence electrons. The SMILES string of the molecule is C=CCC1(c2ccc(F)cc2)CCN(C(C)c2ccc(C(=O)N(N)C(C)=O)cc2)C(=O)O1. The third kappa shape index (κ3) is 4.55. The average molecular weight is 439 g/mol. The maximum absolute atomic E-state index is 13.4. The van der Waals surface area contributed by atoms with E-state index < -0.39 is 23.5 Å². The summed E-state index contributed by atoms with van der Waals surface area (Å²) in [5, 5.41) is 0.551. The van der Waals surface area contributed by atoms with Gasteiger partial charge in [0.2, 0.25) is 5.91 Å². The highest BCUT2D eigenvalue weighted by Crippen LogP contribution is 2.39. The molecule has 0 saturated carbocycles. The molecule has 0 aromatic heterocycles. The number of carbonyl (C=O) groups excluding carboxylic acids is 3. The molecule has 2 atom stereocenters. The molecular formula is C24H26FN3O4. The summed E-state index contributed by atoms with van der Waals surface area (Å²) in [5.74, 6) is 3.94. The van der Waals surface area contributed by atoms with Gasteiger partial charge < -0.3 is 9.64 Å². The number of ether oxygens (including phenoxy) is 1. The summed E-state index contributed by atoms with van der Waals surface area (Å²) >= 11 is 0. The first-order valence-corrected chi connectivity index (χ1v) is 10.2. The molecule has 7 nitrogen and oxygen atoms in total. The van der Waals surface area contributed by atoms with Crippen LogP contribution in [-0.4, -0.2) is 34.4 Å². The number of benzene rings is 2. The second kappa shape index (κ2) is 9.32. The van der Waals surface area contributed by atoms with E-state index >= 15 is 0 Å². The maximum atomic E-state index is 13.4. The molecule has 1 heterocycles. The van der Waals surface area contributed by atoms with Crippen molar-refractivity contribution in [3.05, 3.63) is 83.7 Å². The third-order valence-corrected chi connectivity index (χ3v) is 5.78. The maximum Gasteiger partial charge on any atom is 0.411 e. The molecule has 0 bridgehead atoms. The summed E-state index contributed by atoms with van der Waals surface area (Å²) in [5.41, 5.74) is 0.888. The van der Waals surface area contributed by atoms with Crippen LogP contribution in [0.2, 0.25) is 0 Å². The number of hydrazine groups is 1. The van der Waals surface area contributed by atoms with E-state index in [1.54, 1.807) is 47.4 Å². The first-order valence-electron chi connectivity index (χ1n) is 10.2. The van der Waals surface area contributed by atoms with Crippen molar-refractivity contribution in [3.8, 4) is 0 Å². The van der Waals surface area contributed by atoms with Gasteiger partial charge in [-0.25, -0.2) is 20.0 Å². The molecule has 32 heavy (non-hydrogen) atoms. The zero-order valence-corrected chi connectivity index (χ0v) is 18.1. The van der Waals surface area contributed by atoms with Crippen LogP contribution in [0.15, 0.2) is 61.2 Å². The fourth-order valence-corrected chi connectivity index (χ4v) is 3.84. The van der Waals surface area contributed by atoms with Crippen molar-refractivity contribution in [2.24, 2.45) is 5.84 Å². The minimum atomic E-state index is -0.893. The first-order chi connectivity index (χ1) is 15.2. The van der Waals surface area contributed by atoms with E-state index in [2.05, 4.69) is 6.58 Å². The van der Waals surface area contributed by atoms with E-state index in [-0.39, 0.29) is 17.4 Å². The summed E-state index contributed by atoms with van der Waals surface area (Å²) in [6, 6.07) is 12.2. The summed E-state index contributed by atoms with van der Waals surface area (Å²) in [7, 11) is 0. The van der Waals surface area contributed by atoms with Crippen molar-refractivity contribution in [2.45, 2.75) is 38.3 Å². The van der Waals surface area contributed by atoms with Gasteiger partial charge in [0.15, 0.2) is 0 Å². The molecule has 1 saturated heterocycles. The van der Waals surface area contributed by atoms with Crippen molar-refractivity contribution in [3.63, 3.8) is 0 Å². The first kappa shape index (κ1) is 23.1. The van der Waals surface area contributed by atoms with Crippen molar-refractivity contribution in [1.29, 1.82) is 0 Å². The van der Waals surface area contributed by atoms with E-state index in [1.165, 1.54) is 19.1 Å². The van der Waals surface area contributed by atoms with Gasteiger partial charge >= 0.3 is 6.09 Å². The standard InChI is InChI=1S/C24H26FN3O4/c1-4-13-24(20-9-11-21(25)12-10-20)14-15-27(23(31)32-24)16(2)18-5-7-19(8-6-18)22(30)28(26)17(3)29/h4-12,16H,1,13-15,26H2,2-3H3. The predicted molar refractivity (Wildman–Crippen MR) is 117 cm³/mol. The Morgan fingerprint density at radius 3 is 2.41 bits per heavy atom. The number of cyclic esters (lactones) is 1. The van der Waals surface area contributed by atoms with Crippen molar-refractivity contribution >= 4 is 17.9 Å². The summed E-state index contributed by atoms with van der Waals surface area (Å²) in [6.45, 7) is 7.26. The molecule has 8 heteroatoms. The lowest BCUT2D eigenvalue weighted by Crippen LogP contribution is -2.48. The molecule has 2 N–H and O–H groups in total. The zero-order chi connectivity index (χ0) is 23.5. The van der Waals surface area contributed by atoms with Crippen LogP contribution in [0.5, 0.6) is 0 Å². The number of halogens is 1. The van der Waals surface area contributed by atoms with Crippen LogP contribution in [0.4, 0.5) is 9.18 Å². The Hall–Kier alpha value is -3.52. The van der Waals surface area contributed by atoms with Crippen molar-refractivity contribution < 1.29 is 23.5 Å². The summed E-state index contributed by atoms with van der Waals surface area (Å²) < 4.78 is 19.3. The molecule has 0 spiro atoms. The van der Waals surface area contributed by atoms with E-state index in [1.807, 2.05) is 6.92 Å². The van der Waals surface area contributed by atoms with Crippen LogP contribution in [0, 0.1) is 5.82 Å². The summed E-state index contributed by atoms with van der Waals surface area (Å²) in [6.07, 6.45) is 2.13. The molecule has 1 aliphatic rings. The Labute approximate surface area is 186 Å². The van der Waals surface area contributed by atoms with Crippen LogP contribution in [0.3, 0.4) is 0 Å². The van der Waals surface area contributed by atoms with Gasteiger partial charge in [-0.3, -0.25) is 9.59 Å². The monoisotopic (exact) mass is 439 g/mol. The second-order valence-corrected chi connectivity index (χ2v) is 7.80. The minimum absolute atomic E-state index is 0.265. The molecule has 2 aromatic rings. The van der Waals surface area contributed by atoms with Crippen LogP contribution < -0.4 is 5.84 Å². The zero-order valence-electron chi connectivity index (χ0n) is 18.1. The van der Waals surface area contributed by atoms with E-state index in [4.69, 9.17) is 10.6 Å². The van der Waals surface area contributed by atoms with Crippen molar-refractivity contribution in [2.75, 3.05) is 6.54 Å². The number of carbonyl (C=O) groups is 3. The smallest absolute Gasteiger partial charge is 0.411 e. The van der Waals surface area contributed by atoms with Gasteiger partial charge in [-0.15, -0.1) is 6.58 Å². The van der Waals surface area contributed by atoms with Crippen LogP contribution in [0.1, 0.15) is 54.2 Å². The largest absolute Gasteiger partial charge is 0.437 e. The molecule has 1 aliphatic heterocycles. The Kier molecular flexibility index (Phi) is 6.74. The number of nitrogens with two attached hydrogens (primary N) is 1. The van der Waals surface area contributed by atoms with Crippen LogP contribution in [-0.2, 0) is 15.1 Å². The van der Waals surface area contributed by atoms with Crippen molar-refractivity contribution in [1.82, 2.24) is 9.91 Å². The van der Waals surface area contributed by atoms with Gasteiger partial charge in [0.05, 0.1) is 6.04 Å². The minimum Gasteiger partial charge on any atom is -0.437 e. The fraction of sp³-hybridized carbons (Fsp3) is 0.292. The lowest BCUT2D eigenvalue weighted by Gasteiger charge is -2.43. The number of nitrogens with zero attached hydrogens (tertiary/aromatic N) is 2. The Balaban J connectivity index is 1.76. The highest BCUT2D eigenvalue weighted by molar-refractivity contribution is 6.03. The Morgan fingerprint density at radius 2 is 1.88 bits per heavy atom. The lowest BCUT2D eigenvalue weighted by atomic mass is 9.85. The summed E-state index contributed by atoms with van der Waals surface area (Å²) in [4.78, 5) is 38.0. The Bertz CT molecular complexity index is 1020. The van der Waals surface area contributed by atoms with Gasteiger partial charge in [0, 0.05) is 31.9 Å². The van der Waals surface area contributed by atoms with Crippen LogP contribution in [0.25, 0.3) is 0 Å². The topological polar surface area (TPSA) is 92.9 Å². The molecule has 2 aromatic carbocycles. The molecule has 2 unspecified atom stereocenters. The quantitative estimate of drug-likeness (QED) is 0.317. The fourth-order valence-electron chi connectivity index (χ4n) is 3.84. The predicted octanol–water partition coefficient (Wildman–Crippen LogP) is 4.06. The number of rotatable bonds is 6. The molecule has 0 radical (unpaired) electrons. The molecule has 1 fully saturated rings. The number of hydrogen-bond acceptors (Lipinski definition) is 5. The normalized spacial score (nSPS) is 19.1. The third-order valence-electron chi connectivity index (χ3n) is 5.78. The van der Waals surface area contributed by atoms with Gasteiger partial charge in [0.25, 0.3) is 5.91 Å². The number of amides is 3. The number of hydrogen-bond donors (Lipinski definition) is 1. The average Bonchev–Trinajstić information content (AvgIpc) is 2.78. The lowest BCUT2D eigenvalue weighted by molar-refractivity contribution is -0.126. The highest BCUT2D eigenvalue weighted by atomic mass is 19.1. The molecular weight excluding hydrogens is 413 g/mol. The molecule has 0 aliphatic carbocycles. The second-order valence-electron chi connectivity index (χ2n) is 7.80. The van der Waals surface area contributed by atoms with Crippen LogP contribution >= 0.6 is 0 Å². The number of imide groups is 1. The van der Waals surface area contributed by atoms with Gasteiger partial charge in [-0.05, 0) is 42.3 Å². The van der Waals surface area contributed by atoms with E-state index in [0.717, 1.165) is 11.1 Å². The van der Waals surface area contributed by atoms with Gasteiger partial charge in [0.1, 0.15) is 11.4 Å². The van der Waals surface area contributed by atoms with Gasteiger partial charge in [-0.2, -0.15) is 0 Å². The van der Waals surface area contributed by atoms with E-state index in [9.17, 15) is 18.8 Å². The highest BCUT2D eigenvalue weighted by Gasteiger charge is 2.42. The van der Waals surface area contributed by atoms with E-state index in [0.29, 0.717) is 24.4 Å². The molecule has 3 rings (SSSR count). The molecule has 3 amide bonds. The van der Waals surface area contributed by atoms with Gasteiger partial charge in [-0.1, -0.05) is 30.3 Å².